The van der Waals surface area contributed by atoms with Crippen molar-refractivity contribution >= 4 is 17.6 Å². The number of anilines is 1. The predicted octanol–water partition coefficient (Wildman–Crippen LogP) is 1.14. The van der Waals surface area contributed by atoms with Crippen LogP contribution in [0.1, 0.15) is 32.1 Å². The number of nitrogens with zero attached hydrogens (tertiary/aromatic N) is 4. The average Bonchev–Trinajstić information content (AvgIpc) is 2.63. The molecule has 2 aliphatic rings. The molecule has 7 heteroatoms. The predicted molar refractivity (Wildman–Crippen MR) is 90.3 cm³/mol. The van der Waals surface area contributed by atoms with E-state index in [1.807, 2.05) is 4.90 Å². The van der Waals surface area contributed by atoms with Gasteiger partial charge in [0, 0.05) is 25.2 Å². The van der Waals surface area contributed by atoms with E-state index in [2.05, 4.69) is 20.4 Å². The van der Waals surface area contributed by atoms with Gasteiger partial charge >= 0.3 is 0 Å². The van der Waals surface area contributed by atoms with Gasteiger partial charge in [0.2, 0.25) is 11.8 Å². The third kappa shape index (κ3) is 4.50. The smallest absolute Gasteiger partial charge is 0.239 e. The van der Waals surface area contributed by atoms with Gasteiger partial charge in [0.1, 0.15) is 0 Å². The van der Waals surface area contributed by atoms with Gasteiger partial charge in [0.15, 0.2) is 5.82 Å². The zero-order valence-electron chi connectivity index (χ0n) is 14.0. The summed E-state index contributed by atoms with van der Waals surface area (Å²) in [5.74, 6) is 0.828. The zero-order valence-corrected chi connectivity index (χ0v) is 14.0. The third-order valence-electron chi connectivity index (χ3n) is 4.81. The zero-order chi connectivity index (χ0) is 16.8. The van der Waals surface area contributed by atoms with E-state index in [-0.39, 0.29) is 11.8 Å². The number of hydrogen-bond acceptors (Lipinski definition) is 5. The van der Waals surface area contributed by atoms with Crippen molar-refractivity contribution in [3.05, 3.63) is 18.3 Å². The van der Waals surface area contributed by atoms with E-state index in [0.717, 1.165) is 51.9 Å². The van der Waals surface area contributed by atoms with E-state index in [1.165, 1.54) is 6.42 Å². The first-order valence-electron chi connectivity index (χ1n) is 8.81. The Morgan fingerprint density at radius 2 is 1.88 bits per heavy atom. The molecule has 2 saturated heterocycles. The second-order valence-corrected chi connectivity index (χ2v) is 6.59. The van der Waals surface area contributed by atoms with Gasteiger partial charge < -0.3 is 10.2 Å². The Morgan fingerprint density at radius 3 is 2.54 bits per heavy atom. The molecule has 3 heterocycles. The van der Waals surface area contributed by atoms with Crippen LogP contribution in [0, 0.1) is 5.92 Å². The first-order chi connectivity index (χ1) is 11.7. The summed E-state index contributed by atoms with van der Waals surface area (Å²) in [4.78, 5) is 28.7. The van der Waals surface area contributed by atoms with Crippen molar-refractivity contribution in [1.82, 2.24) is 20.0 Å². The average molecular weight is 331 g/mol. The van der Waals surface area contributed by atoms with E-state index in [9.17, 15) is 9.59 Å². The molecule has 2 aliphatic heterocycles. The lowest BCUT2D eigenvalue weighted by molar-refractivity contribution is -0.138. The number of carbonyl (C=O) groups excluding carboxylic acids is 2. The summed E-state index contributed by atoms with van der Waals surface area (Å²) in [6.45, 7) is 3.75. The first kappa shape index (κ1) is 16.8. The van der Waals surface area contributed by atoms with Gasteiger partial charge in [-0.05, 0) is 57.3 Å². The molecule has 1 aromatic heterocycles. The number of hydrogen-bond donors (Lipinski definition) is 1. The Kier molecular flexibility index (Phi) is 5.74. The maximum Gasteiger partial charge on any atom is 0.239 e. The van der Waals surface area contributed by atoms with Crippen molar-refractivity contribution in [2.24, 2.45) is 5.92 Å². The van der Waals surface area contributed by atoms with Crippen molar-refractivity contribution in [2.75, 3.05) is 38.0 Å². The normalized spacial score (nSPS) is 19.9. The van der Waals surface area contributed by atoms with Crippen molar-refractivity contribution < 1.29 is 9.59 Å². The molecule has 0 radical (unpaired) electrons. The Hall–Kier alpha value is -2.02. The van der Waals surface area contributed by atoms with E-state index in [1.54, 1.807) is 18.3 Å². The quantitative estimate of drug-likeness (QED) is 0.895. The summed E-state index contributed by atoms with van der Waals surface area (Å²) in [5, 5.41) is 10.3. The molecule has 1 aromatic rings. The lowest BCUT2D eigenvalue weighted by Crippen LogP contribution is -2.45. The molecule has 130 valence electrons. The molecule has 0 spiro atoms. The Labute approximate surface area is 142 Å². The Bertz CT molecular complexity index is 551. The summed E-state index contributed by atoms with van der Waals surface area (Å²) < 4.78 is 0. The van der Waals surface area contributed by atoms with E-state index < -0.39 is 0 Å². The minimum absolute atomic E-state index is 0.0868. The number of carbonyl (C=O) groups is 2. The van der Waals surface area contributed by atoms with Gasteiger partial charge in [-0.25, -0.2) is 0 Å². The van der Waals surface area contributed by atoms with Crippen LogP contribution in [0.4, 0.5) is 5.82 Å². The summed E-state index contributed by atoms with van der Waals surface area (Å²) in [5.41, 5.74) is 0. The molecule has 1 N–H and O–H groups in total. The number of likely N-dealkylation sites (tertiary alicyclic amines) is 2. The van der Waals surface area contributed by atoms with Crippen LogP contribution in [-0.4, -0.2) is 64.5 Å². The van der Waals surface area contributed by atoms with E-state index in [0.29, 0.717) is 18.3 Å². The van der Waals surface area contributed by atoms with Crippen LogP contribution in [-0.2, 0) is 9.59 Å². The Morgan fingerprint density at radius 1 is 1.12 bits per heavy atom. The topological polar surface area (TPSA) is 78.4 Å². The molecule has 24 heavy (non-hydrogen) atoms. The molecular formula is C17H25N5O2. The summed E-state index contributed by atoms with van der Waals surface area (Å²) in [6.07, 6.45) is 6.75. The fourth-order valence-corrected chi connectivity index (χ4v) is 3.46. The summed E-state index contributed by atoms with van der Waals surface area (Å²) >= 11 is 0. The molecule has 0 atom stereocenters. The number of piperidine rings is 2. The molecule has 3 rings (SSSR count). The molecule has 0 bridgehead atoms. The fraction of sp³-hybridized carbons (Fsp3) is 0.647. The van der Waals surface area contributed by atoms with Crippen molar-refractivity contribution in [3.8, 4) is 0 Å². The van der Waals surface area contributed by atoms with Gasteiger partial charge in [0.25, 0.3) is 0 Å². The second kappa shape index (κ2) is 8.19. The second-order valence-electron chi connectivity index (χ2n) is 6.59. The van der Waals surface area contributed by atoms with E-state index >= 15 is 0 Å². The molecule has 0 saturated carbocycles. The molecule has 0 unspecified atom stereocenters. The minimum atomic E-state index is -0.0868. The lowest BCUT2D eigenvalue weighted by Gasteiger charge is -2.35. The highest BCUT2D eigenvalue weighted by atomic mass is 16.2. The maximum atomic E-state index is 12.5. The van der Waals surface area contributed by atoms with Crippen LogP contribution in [0.15, 0.2) is 18.3 Å². The van der Waals surface area contributed by atoms with Crippen LogP contribution in [0.5, 0.6) is 0 Å². The molecule has 0 aromatic carbocycles. The van der Waals surface area contributed by atoms with Crippen LogP contribution < -0.4 is 5.32 Å². The van der Waals surface area contributed by atoms with Crippen LogP contribution in [0.25, 0.3) is 0 Å². The standard InChI is InChI=1S/C17H25N5O2/c23-16(19-15-5-4-8-18-20-15)13-21-11-6-14(7-12-21)17(24)22-9-2-1-3-10-22/h4-5,8,14H,1-3,6-7,9-13H2,(H,19,20,23). The molecule has 2 amide bonds. The summed E-state index contributed by atoms with van der Waals surface area (Å²) in [6, 6.07) is 3.45. The van der Waals surface area contributed by atoms with Gasteiger partial charge in [0.05, 0.1) is 6.54 Å². The molecule has 0 aliphatic carbocycles. The fourth-order valence-electron chi connectivity index (χ4n) is 3.46. The molecular weight excluding hydrogens is 306 g/mol. The highest BCUT2D eigenvalue weighted by Crippen LogP contribution is 2.21. The highest BCUT2D eigenvalue weighted by Gasteiger charge is 2.29. The number of nitrogens with one attached hydrogen (secondary N) is 1. The van der Waals surface area contributed by atoms with Crippen LogP contribution >= 0.6 is 0 Å². The van der Waals surface area contributed by atoms with Crippen LogP contribution in [0.3, 0.4) is 0 Å². The third-order valence-corrected chi connectivity index (χ3v) is 4.81. The number of rotatable bonds is 4. The largest absolute Gasteiger partial charge is 0.342 e. The number of amides is 2. The van der Waals surface area contributed by atoms with Crippen molar-refractivity contribution in [2.45, 2.75) is 32.1 Å². The molecule has 7 nitrogen and oxygen atoms in total. The highest BCUT2D eigenvalue weighted by molar-refractivity contribution is 5.91. The SMILES string of the molecule is O=C(CN1CCC(C(=O)N2CCCCC2)CC1)Nc1cccnn1. The molecule has 2 fully saturated rings. The Balaban J connectivity index is 1.41. The first-order valence-corrected chi connectivity index (χ1v) is 8.81. The van der Waals surface area contributed by atoms with Gasteiger partial charge in [-0.3, -0.25) is 14.5 Å². The summed E-state index contributed by atoms with van der Waals surface area (Å²) in [7, 11) is 0. The maximum absolute atomic E-state index is 12.5. The van der Waals surface area contributed by atoms with Crippen LogP contribution in [0.2, 0.25) is 0 Å². The minimum Gasteiger partial charge on any atom is -0.342 e. The van der Waals surface area contributed by atoms with Gasteiger partial charge in [-0.1, -0.05) is 0 Å². The van der Waals surface area contributed by atoms with Crippen molar-refractivity contribution in [3.63, 3.8) is 0 Å². The number of aromatic nitrogens is 2. The monoisotopic (exact) mass is 331 g/mol. The van der Waals surface area contributed by atoms with Crippen molar-refractivity contribution in [1.29, 1.82) is 0 Å². The van der Waals surface area contributed by atoms with E-state index in [4.69, 9.17) is 0 Å². The van der Waals surface area contributed by atoms with Gasteiger partial charge in [-0.2, -0.15) is 5.10 Å². The lowest BCUT2D eigenvalue weighted by atomic mass is 9.94. The van der Waals surface area contributed by atoms with Gasteiger partial charge in [-0.15, -0.1) is 5.10 Å².